The lowest BCUT2D eigenvalue weighted by atomic mass is 9.99. The lowest BCUT2D eigenvalue weighted by Gasteiger charge is -2.17. The van der Waals surface area contributed by atoms with Crippen LogP contribution in [-0.2, 0) is 11.3 Å². The highest BCUT2D eigenvalue weighted by atomic mass is 16.2. The van der Waals surface area contributed by atoms with Crippen LogP contribution in [0, 0.1) is 0 Å². The number of fused-ring (bicyclic) bond motifs is 2. The van der Waals surface area contributed by atoms with E-state index < -0.39 is 11.2 Å². The van der Waals surface area contributed by atoms with Crippen LogP contribution in [0.5, 0.6) is 0 Å². The van der Waals surface area contributed by atoms with E-state index in [-0.39, 0.29) is 24.9 Å². The number of benzene rings is 3. The Morgan fingerprint density at radius 3 is 2.48 bits per heavy atom. The highest BCUT2D eigenvalue weighted by molar-refractivity contribution is 5.87. The molecule has 0 aliphatic rings. The summed E-state index contributed by atoms with van der Waals surface area (Å²) in [6.07, 6.45) is 0.130. The largest absolute Gasteiger partial charge is 0.350 e. The number of aromatic amines is 1. The van der Waals surface area contributed by atoms with Gasteiger partial charge in [-0.25, -0.2) is 4.79 Å². The Bertz CT molecular complexity index is 1320. The molecule has 29 heavy (non-hydrogen) atoms. The van der Waals surface area contributed by atoms with Crippen LogP contribution in [-0.4, -0.2) is 15.5 Å². The Morgan fingerprint density at radius 2 is 1.66 bits per heavy atom. The average molecular weight is 387 g/mol. The van der Waals surface area contributed by atoms with Crippen LogP contribution in [0.1, 0.15) is 24.9 Å². The predicted octanol–water partition coefficient (Wildman–Crippen LogP) is 3.11. The molecule has 0 spiro atoms. The zero-order valence-electron chi connectivity index (χ0n) is 16.0. The predicted molar refractivity (Wildman–Crippen MR) is 114 cm³/mol. The van der Waals surface area contributed by atoms with E-state index >= 15 is 0 Å². The number of amides is 1. The number of rotatable bonds is 5. The normalized spacial score (nSPS) is 12.2. The first kappa shape index (κ1) is 18.7. The van der Waals surface area contributed by atoms with Crippen molar-refractivity contribution < 1.29 is 4.79 Å². The molecule has 1 unspecified atom stereocenters. The maximum Gasteiger partial charge on any atom is 0.328 e. The summed E-state index contributed by atoms with van der Waals surface area (Å²) in [5.41, 5.74) is 0.638. The minimum atomic E-state index is -0.511. The van der Waals surface area contributed by atoms with Gasteiger partial charge >= 0.3 is 5.69 Å². The summed E-state index contributed by atoms with van der Waals surface area (Å²) in [5, 5.41) is 5.66. The van der Waals surface area contributed by atoms with Crippen LogP contribution in [0.3, 0.4) is 0 Å². The first-order valence-corrected chi connectivity index (χ1v) is 9.53. The minimum absolute atomic E-state index is 0.130. The molecule has 3 aromatic carbocycles. The van der Waals surface area contributed by atoms with Crippen LogP contribution in [0.4, 0.5) is 0 Å². The van der Waals surface area contributed by atoms with E-state index in [4.69, 9.17) is 0 Å². The number of hydrogen-bond donors (Lipinski definition) is 2. The van der Waals surface area contributed by atoms with Crippen LogP contribution < -0.4 is 16.6 Å². The van der Waals surface area contributed by atoms with Gasteiger partial charge in [-0.3, -0.25) is 19.1 Å². The molecular weight excluding hydrogens is 366 g/mol. The van der Waals surface area contributed by atoms with Gasteiger partial charge in [0.1, 0.15) is 0 Å². The Kier molecular flexibility index (Phi) is 4.99. The van der Waals surface area contributed by atoms with E-state index in [9.17, 15) is 14.4 Å². The fourth-order valence-corrected chi connectivity index (χ4v) is 3.70. The molecule has 4 aromatic rings. The first-order chi connectivity index (χ1) is 14.0. The molecule has 1 heterocycles. The summed E-state index contributed by atoms with van der Waals surface area (Å²) in [7, 11) is 0. The number of carbonyl (C=O) groups excluding carboxylic acids is 1. The van der Waals surface area contributed by atoms with Crippen molar-refractivity contribution in [1.82, 2.24) is 14.9 Å². The zero-order chi connectivity index (χ0) is 20.4. The lowest BCUT2D eigenvalue weighted by Crippen LogP contribution is -2.33. The van der Waals surface area contributed by atoms with Crippen molar-refractivity contribution in [1.29, 1.82) is 0 Å². The standard InChI is InChI=1S/C23H21N3O3/c1-15(17-11-6-8-16-7-2-3-9-18(16)17)24-21(27)13-14-26-20-12-5-4-10-19(20)22(28)25-23(26)29/h2-12,15H,13-14H2,1H3,(H,24,27)(H,25,28,29). The molecule has 0 radical (unpaired) electrons. The van der Waals surface area contributed by atoms with Gasteiger partial charge in [0.15, 0.2) is 0 Å². The highest BCUT2D eigenvalue weighted by Gasteiger charge is 2.13. The van der Waals surface area contributed by atoms with Crippen molar-refractivity contribution in [2.45, 2.75) is 25.9 Å². The third-order valence-electron chi connectivity index (χ3n) is 5.13. The summed E-state index contributed by atoms with van der Waals surface area (Å²) in [4.78, 5) is 39.0. The van der Waals surface area contributed by atoms with Crippen LogP contribution in [0.15, 0.2) is 76.3 Å². The summed E-state index contributed by atoms with van der Waals surface area (Å²) in [6, 6.07) is 20.8. The molecule has 1 aromatic heterocycles. The fraction of sp³-hybridized carbons (Fsp3) is 0.174. The number of nitrogens with one attached hydrogen (secondary N) is 2. The van der Waals surface area contributed by atoms with Crippen LogP contribution in [0.2, 0.25) is 0 Å². The van der Waals surface area contributed by atoms with Crippen molar-refractivity contribution in [3.05, 3.63) is 93.1 Å². The molecule has 4 rings (SSSR count). The summed E-state index contributed by atoms with van der Waals surface area (Å²) >= 11 is 0. The van der Waals surface area contributed by atoms with Crippen LogP contribution in [0.25, 0.3) is 21.7 Å². The van der Waals surface area contributed by atoms with Crippen LogP contribution >= 0.6 is 0 Å². The molecule has 1 atom stereocenters. The highest BCUT2D eigenvalue weighted by Crippen LogP contribution is 2.24. The van der Waals surface area contributed by atoms with Gasteiger partial charge in [-0.1, -0.05) is 54.6 Å². The van der Waals surface area contributed by atoms with Gasteiger partial charge < -0.3 is 5.32 Å². The molecule has 6 heteroatoms. The molecule has 0 aliphatic heterocycles. The van der Waals surface area contributed by atoms with Crippen molar-refractivity contribution in [3.63, 3.8) is 0 Å². The van der Waals surface area contributed by atoms with Gasteiger partial charge in [-0.2, -0.15) is 0 Å². The van der Waals surface area contributed by atoms with E-state index in [1.807, 2.05) is 49.4 Å². The van der Waals surface area contributed by atoms with Gasteiger partial charge in [0, 0.05) is 13.0 Å². The second-order valence-corrected chi connectivity index (χ2v) is 7.04. The molecule has 0 saturated heterocycles. The number of nitrogens with zero attached hydrogens (tertiary/aromatic N) is 1. The van der Waals surface area contributed by atoms with Gasteiger partial charge in [0.05, 0.1) is 16.9 Å². The SMILES string of the molecule is CC(NC(=O)CCn1c(=O)[nH]c(=O)c2ccccc21)c1cccc2ccccc12. The van der Waals surface area contributed by atoms with Crippen molar-refractivity contribution in [3.8, 4) is 0 Å². The number of aryl methyl sites for hydroxylation is 1. The lowest BCUT2D eigenvalue weighted by molar-refractivity contribution is -0.121. The zero-order valence-corrected chi connectivity index (χ0v) is 16.0. The van der Waals surface area contributed by atoms with E-state index in [1.54, 1.807) is 24.3 Å². The van der Waals surface area contributed by atoms with Gasteiger partial charge in [0.2, 0.25) is 5.91 Å². The first-order valence-electron chi connectivity index (χ1n) is 9.53. The van der Waals surface area contributed by atoms with Crippen molar-refractivity contribution in [2.75, 3.05) is 0 Å². The fourth-order valence-electron chi connectivity index (χ4n) is 3.70. The van der Waals surface area contributed by atoms with E-state index in [0.29, 0.717) is 10.9 Å². The number of hydrogen-bond acceptors (Lipinski definition) is 3. The Hall–Kier alpha value is -3.67. The maximum absolute atomic E-state index is 12.6. The summed E-state index contributed by atoms with van der Waals surface area (Å²) in [5.74, 6) is -0.160. The Morgan fingerprint density at radius 1 is 0.966 bits per heavy atom. The number of para-hydroxylation sites is 1. The van der Waals surface area contributed by atoms with Crippen molar-refractivity contribution >= 4 is 27.6 Å². The quantitative estimate of drug-likeness (QED) is 0.552. The van der Waals surface area contributed by atoms with E-state index in [2.05, 4.69) is 10.3 Å². The third kappa shape index (κ3) is 3.69. The Balaban J connectivity index is 1.52. The molecule has 146 valence electrons. The Labute approximate surface area is 166 Å². The smallest absolute Gasteiger partial charge is 0.328 e. The molecule has 2 N–H and O–H groups in total. The molecule has 0 fully saturated rings. The number of aromatic nitrogens is 2. The monoisotopic (exact) mass is 387 g/mol. The molecule has 0 bridgehead atoms. The molecule has 0 saturated carbocycles. The van der Waals surface area contributed by atoms with Gasteiger partial charge in [-0.05, 0) is 35.4 Å². The topological polar surface area (TPSA) is 84.0 Å². The molecule has 6 nitrogen and oxygen atoms in total. The average Bonchev–Trinajstić information content (AvgIpc) is 2.73. The minimum Gasteiger partial charge on any atom is -0.350 e. The number of carbonyl (C=O) groups is 1. The van der Waals surface area contributed by atoms with Crippen molar-refractivity contribution in [2.24, 2.45) is 0 Å². The summed E-state index contributed by atoms with van der Waals surface area (Å²) in [6.45, 7) is 2.13. The van der Waals surface area contributed by atoms with Gasteiger partial charge in [0.25, 0.3) is 5.56 Å². The molecule has 0 aliphatic carbocycles. The third-order valence-corrected chi connectivity index (χ3v) is 5.13. The molecule has 1 amide bonds. The maximum atomic E-state index is 12.6. The van der Waals surface area contributed by atoms with E-state index in [1.165, 1.54) is 4.57 Å². The summed E-state index contributed by atoms with van der Waals surface area (Å²) < 4.78 is 1.43. The second-order valence-electron chi connectivity index (χ2n) is 7.04. The van der Waals surface area contributed by atoms with E-state index in [0.717, 1.165) is 16.3 Å². The number of H-pyrrole nitrogens is 1. The molecular formula is C23H21N3O3. The second kappa shape index (κ2) is 7.75. The van der Waals surface area contributed by atoms with Gasteiger partial charge in [-0.15, -0.1) is 0 Å².